The number of hydrogen-bond donors (Lipinski definition) is 2. The molecular formula is C12H19N3O3. The molecule has 2 N–H and O–H groups in total. The van der Waals surface area contributed by atoms with Crippen molar-refractivity contribution in [3.63, 3.8) is 0 Å². The largest absolute Gasteiger partial charge is 0.481 e. The molecule has 1 aliphatic heterocycles. The summed E-state index contributed by atoms with van der Waals surface area (Å²) in [6.45, 7) is 2.27. The number of carbonyl (C=O) groups is 2. The van der Waals surface area contributed by atoms with Crippen LogP contribution in [0.1, 0.15) is 25.7 Å². The molecule has 1 fully saturated rings. The third kappa shape index (κ3) is 5.64. The molecule has 0 saturated carbocycles. The molecule has 1 aliphatic rings. The number of rotatable bonds is 6. The van der Waals surface area contributed by atoms with E-state index in [1.165, 1.54) is 0 Å². The zero-order chi connectivity index (χ0) is 13.4. The average molecular weight is 253 g/mol. The number of nitrogens with zero attached hydrogens (tertiary/aromatic N) is 2. The van der Waals surface area contributed by atoms with Gasteiger partial charge >= 0.3 is 5.97 Å². The second kappa shape index (κ2) is 7.67. The van der Waals surface area contributed by atoms with Gasteiger partial charge in [-0.25, -0.2) is 0 Å². The molecule has 1 saturated heterocycles. The topological polar surface area (TPSA) is 93.4 Å². The molecule has 100 valence electrons. The quantitative estimate of drug-likeness (QED) is 0.660. The number of hydrogen-bond acceptors (Lipinski definition) is 4. The third-order valence-corrected chi connectivity index (χ3v) is 3.10. The summed E-state index contributed by atoms with van der Waals surface area (Å²) < 4.78 is 0. The third-order valence-electron chi connectivity index (χ3n) is 3.10. The van der Waals surface area contributed by atoms with Crippen molar-refractivity contribution in [2.24, 2.45) is 5.92 Å². The first-order chi connectivity index (χ1) is 8.61. The van der Waals surface area contributed by atoms with Crippen LogP contribution in [0, 0.1) is 17.2 Å². The minimum Gasteiger partial charge on any atom is -0.481 e. The number of carboxylic acids is 1. The maximum Gasteiger partial charge on any atom is 0.303 e. The van der Waals surface area contributed by atoms with Crippen LogP contribution in [0.5, 0.6) is 0 Å². The van der Waals surface area contributed by atoms with Gasteiger partial charge in [0.25, 0.3) is 0 Å². The Balaban J connectivity index is 2.17. The number of carbonyl (C=O) groups excluding carboxylic acids is 1. The number of piperidine rings is 1. The fourth-order valence-electron chi connectivity index (χ4n) is 2.11. The maximum absolute atomic E-state index is 11.5. The van der Waals surface area contributed by atoms with Crippen molar-refractivity contribution < 1.29 is 14.7 Å². The Hall–Kier alpha value is -1.61. The van der Waals surface area contributed by atoms with Crippen LogP contribution >= 0.6 is 0 Å². The van der Waals surface area contributed by atoms with Crippen LogP contribution in [0.15, 0.2) is 0 Å². The van der Waals surface area contributed by atoms with E-state index in [1.54, 1.807) is 0 Å². The van der Waals surface area contributed by atoms with Crippen LogP contribution in [0.25, 0.3) is 0 Å². The Morgan fingerprint density at radius 3 is 2.61 bits per heavy atom. The van der Waals surface area contributed by atoms with E-state index in [2.05, 4.69) is 5.32 Å². The second-order valence-electron chi connectivity index (χ2n) is 4.58. The molecule has 6 nitrogen and oxygen atoms in total. The normalized spacial score (nSPS) is 17.1. The Morgan fingerprint density at radius 1 is 1.39 bits per heavy atom. The summed E-state index contributed by atoms with van der Waals surface area (Å²) in [6.07, 6.45) is 2.21. The zero-order valence-corrected chi connectivity index (χ0v) is 10.4. The number of amides is 1. The van der Waals surface area contributed by atoms with E-state index in [0.717, 1.165) is 25.9 Å². The first-order valence-electron chi connectivity index (χ1n) is 6.19. The highest BCUT2D eigenvalue weighted by Gasteiger charge is 2.22. The summed E-state index contributed by atoms with van der Waals surface area (Å²) in [5.41, 5.74) is 0. The Labute approximate surface area is 107 Å². The molecule has 0 radical (unpaired) electrons. The van der Waals surface area contributed by atoms with E-state index in [-0.39, 0.29) is 18.2 Å². The van der Waals surface area contributed by atoms with Gasteiger partial charge in [0.15, 0.2) is 0 Å². The summed E-state index contributed by atoms with van der Waals surface area (Å²) >= 11 is 0. The summed E-state index contributed by atoms with van der Waals surface area (Å²) in [5, 5.41) is 19.7. The SMILES string of the molecule is N#CCCNC(=O)CN1CCC(CC(=O)O)CC1. The van der Waals surface area contributed by atoms with E-state index in [4.69, 9.17) is 10.4 Å². The van der Waals surface area contributed by atoms with Crippen molar-refractivity contribution in [2.75, 3.05) is 26.2 Å². The van der Waals surface area contributed by atoms with Gasteiger partial charge in [0, 0.05) is 13.0 Å². The van der Waals surface area contributed by atoms with Crippen molar-refractivity contribution in [3.8, 4) is 6.07 Å². The summed E-state index contributed by atoms with van der Waals surface area (Å²) in [6, 6.07) is 1.97. The van der Waals surface area contributed by atoms with Gasteiger partial charge in [-0.3, -0.25) is 14.5 Å². The Kier molecular flexibility index (Phi) is 6.15. The molecule has 1 rings (SSSR count). The molecule has 0 aliphatic carbocycles. The van der Waals surface area contributed by atoms with Crippen molar-refractivity contribution in [1.29, 1.82) is 5.26 Å². The fourth-order valence-corrected chi connectivity index (χ4v) is 2.11. The molecule has 6 heteroatoms. The van der Waals surface area contributed by atoms with E-state index in [9.17, 15) is 9.59 Å². The van der Waals surface area contributed by atoms with Gasteiger partial charge in [0.1, 0.15) is 0 Å². The molecule has 0 aromatic carbocycles. The van der Waals surface area contributed by atoms with Crippen LogP contribution in [0.3, 0.4) is 0 Å². The Bertz CT molecular complexity index is 330. The molecule has 0 spiro atoms. The van der Waals surface area contributed by atoms with E-state index in [1.807, 2.05) is 11.0 Å². The van der Waals surface area contributed by atoms with Crippen LogP contribution in [0.4, 0.5) is 0 Å². The van der Waals surface area contributed by atoms with Gasteiger partial charge in [0.2, 0.25) is 5.91 Å². The summed E-state index contributed by atoms with van der Waals surface area (Å²) in [4.78, 5) is 24.1. The van der Waals surface area contributed by atoms with Gasteiger partial charge in [-0.05, 0) is 31.8 Å². The van der Waals surface area contributed by atoms with Gasteiger partial charge < -0.3 is 10.4 Å². The summed E-state index contributed by atoms with van der Waals surface area (Å²) in [7, 11) is 0. The van der Waals surface area contributed by atoms with E-state index < -0.39 is 5.97 Å². The van der Waals surface area contributed by atoms with Crippen LogP contribution in [0.2, 0.25) is 0 Å². The molecule has 18 heavy (non-hydrogen) atoms. The number of carboxylic acid groups (broad SMARTS) is 1. The number of nitriles is 1. The van der Waals surface area contributed by atoms with E-state index in [0.29, 0.717) is 19.5 Å². The molecule has 1 heterocycles. The second-order valence-corrected chi connectivity index (χ2v) is 4.58. The monoisotopic (exact) mass is 253 g/mol. The lowest BCUT2D eigenvalue weighted by Gasteiger charge is -2.30. The van der Waals surface area contributed by atoms with Crippen molar-refractivity contribution >= 4 is 11.9 Å². The molecular weight excluding hydrogens is 234 g/mol. The molecule has 0 aromatic rings. The van der Waals surface area contributed by atoms with Crippen LogP contribution in [-0.2, 0) is 9.59 Å². The number of likely N-dealkylation sites (tertiary alicyclic amines) is 1. The minimum absolute atomic E-state index is 0.0677. The van der Waals surface area contributed by atoms with Crippen molar-refractivity contribution in [1.82, 2.24) is 10.2 Å². The predicted octanol–water partition coefficient (Wildman–Crippen LogP) is 0.203. The lowest BCUT2D eigenvalue weighted by Crippen LogP contribution is -2.41. The van der Waals surface area contributed by atoms with Gasteiger partial charge in [-0.2, -0.15) is 5.26 Å². The van der Waals surface area contributed by atoms with Crippen molar-refractivity contribution in [3.05, 3.63) is 0 Å². The predicted molar refractivity (Wildman–Crippen MR) is 64.7 cm³/mol. The minimum atomic E-state index is -0.748. The van der Waals surface area contributed by atoms with E-state index >= 15 is 0 Å². The zero-order valence-electron chi connectivity index (χ0n) is 10.4. The van der Waals surface area contributed by atoms with Crippen LogP contribution in [-0.4, -0.2) is 48.1 Å². The lowest BCUT2D eigenvalue weighted by molar-refractivity contribution is -0.138. The smallest absolute Gasteiger partial charge is 0.303 e. The first-order valence-corrected chi connectivity index (χ1v) is 6.19. The lowest BCUT2D eigenvalue weighted by atomic mass is 9.94. The molecule has 1 amide bonds. The average Bonchev–Trinajstić information content (AvgIpc) is 2.31. The van der Waals surface area contributed by atoms with Gasteiger partial charge in [0.05, 0.1) is 19.0 Å². The number of aliphatic carboxylic acids is 1. The van der Waals surface area contributed by atoms with Gasteiger partial charge in [-0.15, -0.1) is 0 Å². The highest BCUT2D eigenvalue weighted by Crippen LogP contribution is 2.19. The molecule has 0 atom stereocenters. The Morgan fingerprint density at radius 2 is 2.06 bits per heavy atom. The fraction of sp³-hybridized carbons (Fsp3) is 0.750. The first kappa shape index (κ1) is 14.5. The maximum atomic E-state index is 11.5. The highest BCUT2D eigenvalue weighted by atomic mass is 16.4. The van der Waals surface area contributed by atoms with Crippen molar-refractivity contribution in [2.45, 2.75) is 25.7 Å². The molecule has 0 unspecified atom stereocenters. The van der Waals surface area contributed by atoms with Gasteiger partial charge in [-0.1, -0.05) is 0 Å². The number of nitrogens with one attached hydrogen (secondary N) is 1. The van der Waals surface area contributed by atoms with Crippen LogP contribution < -0.4 is 5.32 Å². The summed E-state index contributed by atoms with van der Waals surface area (Å²) in [5.74, 6) is -0.579. The highest BCUT2D eigenvalue weighted by molar-refractivity contribution is 5.78. The standard InChI is InChI=1S/C12H19N3O3/c13-4-1-5-14-11(16)9-15-6-2-10(3-7-15)8-12(17)18/h10H,1-3,5-9H2,(H,14,16)(H,17,18). The molecule has 0 aromatic heterocycles. The molecule has 0 bridgehead atoms.